The van der Waals surface area contributed by atoms with E-state index in [0.29, 0.717) is 56.2 Å². The molecule has 0 aliphatic carbocycles. The second kappa shape index (κ2) is 8.11. The van der Waals surface area contributed by atoms with Crippen LogP contribution in [0.4, 0.5) is 10.5 Å². The SMILES string of the molecule is Cn1c(C2CCN(C(=O)O)CC2)nc(-c2ccncc2)c(N2Cc3ccccc3C2)c1=O. The number of rotatable bonds is 3. The van der Waals surface area contributed by atoms with Crippen molar-refractivity contribution < 1.29 is 9.90 Å². The highest BCUT2D eigenvalue weighted by Gasteiger charge is 2.30. The Hall–Kier alpha value is -3.68. The summed E-state index contributed by atoms with van der Waals surface area (Å²) in [4.78, 5) is 37.7. The summed E-state index contributed by atoms with van der Waals surface area (Å²) in [6.07, 6.45) is 3.82. The Balaban J connectivity index is 1.58. The van der Waals surface area contributed by atoms with Crippen LogP contribution in [0.15, 0.2) is 53.6 Å². The lowest BCUT2D eigenvalue weighted by Gasteiger charge is -2.31. The molecule has 4 heterocycles. The highest BCUT2D eigenvalue weighted by atomic mass is 16.4. The molecule has 2 aliphatic heterocycles. The van der Waals surface area contributed by atoms with Gasteiger partial charge in [-0.2, -0.15) is 0 Å². The van der Waals surface area contributed by atoms with Gasteiger partial charge in [-0.1, -0.05) is 24.3 Å². The second-order valence-corrected chi connectivity index (χ2v) is 8.44. The van der Waals surface area contributed by atoms with Gasteiger partial charge in [0.15, 0.2) is 0 Å². The fourth-order valence-electron chi connectivity index (χ4n) is 4.79. The Morgan fingerprint density at radius 2 is 1.66 bits per heavy atom. The van der Waals surface area contributed by atoms with Crippen LogP contribution >= 0.6 is 0 Å². The number of aromatic nitrogens is 3. The molecule has 2 aliphatic rings. The normalized spacial score (nSPS) is 16.3. The van der Waals surface area contributed by atoms with Crippen molar-refractivity contribution in [2.75, 3.05) is 18.0 Å². The van der Waals surface area contributed by atoms with Crippen LogP contribution in [-0.4, -0.2) is 43.7 Å². The number of pyridine rings is 1. The van der Waals surface area contributed by atoms with Crippen molar-refractivity contribution in [2.45, 2.75) is 31.8 Å². The number of carboxylic acid groups (broad SMARTS) is 1. The molecule has 0 radical (unpaired) electrons. The van der Waals surface area contributed by atoms with Crippen LogP contribution in [0.3, 0.4) is 0 Å². The van der Waals surface area contributed by atoms with E-state index in [1.807, 2.05) is 24.3 Å². The second-order valence-electron chi connectivity index (χ2n) is 8.44. The molecule has 0 atom stereocenters. The van der Waals surface area contributed by atoms with E-state index in [2.05, 4.69) is 22.0 Å². The summed E-state index contributed by atoms with van der Waals surface area (Å²) in [7, 11) is 1.78. The van der Waals surface area contributed by atoms with E-state index >= 15 is 0 Å². The van der Waals surface area contributed by atoms with Crippen molar-refractivity contribution in [3.8, 4) is 11.3 Å². The topological polar surface area (TPSA) is 91.6 Å². The maximum Gasteiger partial charge on any atom is 0.407 e. The molecule has 1 fully saturated rings. The van der Waals surface area contributed by atoms with Crippen LogP contribution in [0.25, 0.3) is 11.3 Å². The van der Waals surface area contributed by atoms with Crippen molar-refractivity contribution in [2.24, 2.45) is 7.05 Å². The molecule has 2 aromatic heterocycles. The van der Waals surface area contributed by atoms with Crippen molar-refractivity contribution in [1.29, 1.82) is 0 Å². The molecule has 1 saturated heterocycles. The molecular formula is C24H25N5O3. The maximum absolute atomic E-state index is 13.7. The highest BCUT2D eigenvalue weighted by molar-refractivity contribution is 5.75. The summed E-state index contributed by atoms with van der Waals surface area (Å²) in [5.74, 6) is 0.751. The first kappa shape index (κ1) is 20.2. The molecule has 8 nitrogen and oxygen atoms in total. The lowest BCUT2D eigenvalue weighted by atomic mass is 9.95. The fourth-order valence-corrected chi connectivity index (χ4v) is 4.79. The van der Waals surface area contributed by atoms with Crippen molar-refractivity contribution in [1.82, 2.24) is 19.4 Å². The van der Waals surface area contributed by atoms with Crippen LogP contribution in [0.5, 0.6) is 0 Å². The zero-order valence-corrected chi connectivity index (χ0v) is 17.9. The van der Waals surface area contributed by atoms with Gasteiger partial charge in [-0.05, 0) is 36.1 Å². The van der Waals surface area contributed by atoms with Crippen LogP contribution in [0.2, 0.25) is 0 Å². The van der Waals surface area contributed by atoms with E-state index < -0.39 is 6.09 Å². The summed E-state index contributed by atoms with van der Waals surface area (Å²) in [5.41, 5.74) is 4.49. The van der Waals surface area contributed by atoms with Gasteiger partial charge in [0.1, 0.15) is 17.2 Å². The minimum atomic E-state index is -0.897. The largest absolute Gasteiger partial charge is 0.465 e. The first-order chi connectivity index (χ1) is 15.5. The molecule has 0 spiro atoms. The molecular weight excluding hydrogens is 406 g/mol. The molecule has 1 amide bonds. The fraction of sp³-hybridized carbons (Fsp3) is 0.333. The van der Waals surface area contributed by atoms with Crippen LogP contribution < -0.4 is 10.5 Å². The molecule has 8 heteroatoms. The quantitative estimate of drug-likeness (QED) is 0.685. The number of benzene rings is 1. The first-order valence-corrected chi connectivity index (χ1v) is 10.8. The molecule has 164 valence electrons. The van der Waals surface area contributed by atoms with Gasteiger partial charge < -0.3 is 14.9 Å². The zero-order valence-electron chi connectivity index (χ0n) is 17.9. The van der Waals surface area contributed by atoms with E-state index in [1.165, 1.54) is 16.0 Å². The molecule has 1 N–H and O–H groups in total. The van der Waals surface area contributed by atoms with E-state index in [9.17, 15) is 14.7 Å². The highest BCUT2D eigenvalue weighted by Crippen LogP contribution is 2.34. The number of hydrogen-bond acceptors (Lipinski definition) is 5. The van der Waals surface area contributed by atoms with E-state index in [4.69, 9.17) is 4.98 Å². The maximum atomic E-state index is 13.7. The minimum Gasteiger partial charge on any atom is -0.465 e. The van der Waals surface area contributed by atoms with Gasteiger partial charge in [-0.3, -0.25) is 14.3 Å². The third kappa shape index (κ3) is 3.51. The van der Waals surface area contributed by atoms with Gasteiger partial charge >= 0.3 is 6.09 Å². The summed E-state index contributed by atoms with van der Waals surface area (Å²) in [5, 5.41) is 9.26. The number of nitrogens with zero attached hydrogens (tertiary/aromatic N) is 5. The van der Waals surface area contributed by atoms with Crippen LogP contribution in [-0.2, 0) is 20.1 Å². The summed E-state index contributed by atoms with van der Waals surface area (Å²) < 4.78 is 1.66. The zero-order chi connectivity index (χ0) is 22.2. The monoisotopic (exact) mass is 431 g/mol. The van der Waals surface area contributed by atoms with Gasteiger partial charge in [0.25, 0.3) is 5.56 Å². The standard InChI is InChI=1S/C24H25N5O3/c1-27-22(17-8-12-28(13-9-17)24(31)32)26-20(16-6-10-25-11-7-16)21(23(27)30)29-14-18-4-2-3-5-19(18)15-29/h2-7,10-11,17H,8-9,12-15H2,1H3,(H,31,32). The number of likely N-dealkylation sites (tertiary alicyclic amines) is 1. The minimum absolute atomic E-state index is 0.0358. The van der Waals surface area contributed by atoms with Crippen molar-refractivity contribution in [3.63, 3.8) is 0 Å². The molecule has 0 unspecified atom stereocenters. The average Bonchev–Trinajstić information content (AvgIpc) is 3.25. The predicted octanol–water partition coefficient (Wildman–Crippen LogP) is 3.22. The number of hydrogen-bond donors (Lipinski definition) is 1. The number of amides is 1. The average molecular weight is 431 g/mol. The number of fused-ring (bicyclic) bond motifs is 1. The molecule has 32 heavy (non-hydrogen) atoms. The van der Waals surface area contributed by atoms with Gasteiger partial charge in [0.2, 0.25) is 0 Å². The summed E-state index contributed by atoms with van der Waals surface area (Å²) in [6, 6.07) is 12.0. The summed E-state index contributed by atoms with van der Waals surface area (Å²) >= 11 is 0. The number of piperidine rings is 1. The Labute approximate surface area is 185 Å². The Morgan fingerprint density at radius 3 is 2.25 bits per heavy atom. The van der Waals surface area contributed by atoms with Gasteiger partial charge in [0.05, 0.1) is 0 Å². The van der Waals surface area contributed by atoms with Gasteiger partial charge in [-0.15, -0.1) is 0 Å². The van der Waals surface area contributed by atoms with E-state index in [-0.39, 0.29) is 11.5 Å². The number of anilines is 1. The molecule has 0 saturated carbocycles. The Kier molecular flexibility index (Phi) is 5.13. The first-order valence-electron chi connectivity index (χ1n) is 10.8. The third-order valence-corrected chi connectivity index (χ3v) is 6.54. The van der Waals surface area contributed by atoms with Gasteiger partial charge in [0, 0.05) is 57.1 Å². The van der Waals surface area contributed by atoms with Crippen LogP contribution in [0.1, 0.15) is 35.7 Å². The predicted molar refractivity (Wildman–Crippen MR) is 121 cm³/mol. The Morgan fingerprint density at radius 1 is 1.03 bits per heavy atom. The van der Waals surface area contributed by atoms with Crippen LogP contribution in [0, 0.1) is 0 Å². The molecule has 1 aromatic carbocycles. The van der Waals surface area contributed by atoms with E-state index in [0.717, 1.165) is 5.56 Å². The summed E-state index contributed by atoms with van der Waals surface area (Å²) in [6.45, 7) is 2.23. The smallest absolute Gasteiger partial charge is 0.407 e. The van der Waals surface area contributed by atoms with E-state index in [1.54, 1.807) is 24.0 Å². The molecule has 0 bridgehead atoms. The molecule has 5 rings (SSSR count). The number of carbonyl (C=O) groups is 1. The Bertz CT molecular complexity index is 1190. The molecule has 3 aromatic rings. The third-order valence-electron chi connectivity index (χ3n) is 6.54. The lowest BCUT2D eigenvalue weighted by molar-refractivity contribution is 0.131. The van der Waals surface area contributed by atoms with Crippen molar-refractivity contribution >= 4 is 11.8 Å². The van der Waals surface area contributed by atoms with Crippen molar-refractivity contribution in [3.05, 3.63) is 76.1 Å². The van der Waals surface area contributed by atoms with Gasteiger partial charge in [-0.25, -0.2) is 9.78 Å². The lowest BCUT2D eigenvalue weighted by Crippen LogP contribution is -2.39.